The summed E-state index contributed by atoms with van der Waals surface area (Å²) in [5, 5.41) is 3.70. The fourth-order valence-electron chi connectivity index (χ4n) is 0.787. The standard InChI is InChI=1S/C7H10N2O2/c1-5-4-6(9-11-5)2-3-7(8)10/h4H,2-3H2,1H3,(H2,8,10). The number of amides is 1. The van der Waals surface area contributed by atoms with Crippen molar-refractivity contribution in [2.45, 2.75) is 19.8 Å². The minimum absolute atomic E-state index is 0.314. The number of carbonyl (C=O) groups is 1. The molecule has 0 aliphatic rings. The van der Waals surface area contributed by atoms with Gasteiger partial charge in [0.15, 0.2) is 0 Å². The molecule has 60 valence electrons. The Bertz CT molecular complexity index is 255. The van der Waals surface area contributed by atoms with Gasteiger partial charge in [-0.1, -0.05) is 5.16 Å². The molecule has 2 N–H and O–H groups in total. The molecule has 1 aromatic heterocycles. The van der Waals surface area contributed by atoms with Crippen LogP contribution >= 0.6 is 0 Å². The molecule has 0 saturated carbocycles. The Morgan fingerprint density at radius 1 is 1.82 bits per heavy atom. The number of nitrogens with two attached hydrogens (primary N) is 1. The number of primary amides is 1. The third-order valence-corrected chi connectivity index (χ3v) is 1.30. The molecule has 0 radical (unpaired) electrons. The zero-order chi connectivity index (χ0) is 8.27. The van der Waals surface area contributed by atoms with E-state index in [1.165, 1.54) is 0 Å². The van der Waals surface area contributed by atoms with Gasteiger partial charge < -0.3 is 10.3 Å². The number of hydrogen-bond donors (Lipinski definition) is 1. The summed E-state index contributed by atoms with van der Waals surface area (Å²) >= 11 is 0. The third kappa shape index (κ3) is 2.41. The summed E-state index contributed by atoms with van der Waals surface area (Å²) in [5.41, 5.74) is 5.73. The van der Waals surface area contributed by atoms with Crippen molar-refractivity contribution >= 4 is 5.91 Å². The van der Waals surface area contributed by atoms with E-state index >= 15 is 0 Å². The average molecular weight is 154 g/mol. The van der Waals surface area contributed by atoms with Crippen LogP contribution in [-0.2, 0) is 11.2 Å². The second-order valence-corrected chi connectivity index (χ2v) is 2.40. The number of nitrogens with zero attached hydrogens (tertiary/aromatic N) is 1. The van der Waals surface area contributed by atoms with Crippen molar-refractivity contribution in [2.24, 2.45) is 5.73 Å². The van der Waals surface area contributed by atoms with Gasteiger partial charge in [0.05, 0.1) is 5.69 Å². The van der Waals surface area contributed by atoms with E-state index in [9.17, 15) is 4.79 Å². The fourth-order valence-corrected chi connectivity index (χ4v) is 0.787. The lowest BCUT2D eigenvalue weighted by atomic mass is 10.2. The molecule has 0 aromatic carbocycles. The van der Waals surface area contributed by atoms with Gasteiger partial charge in [0.1, 0.15) is 5.76 Å². The minimum atomic E-state index is -0.314. The van der Waals surface area contributed by atoms with E-state index < -0.39 is 0 Å². The Morgan fingerprint density at radius 2 is 2.55 bits per heavy atom. The van der Waals surface area contributed by atoms with Crippen LogP contribution in [0.5, 0.6) is 0 Å². The van der Waals surface area contributed by atoms with Gasteiger partial charge in [0.2, 0.25) is 5.91 Å². The molecule has 0 saturated heterocycles. The lowest BCUT2D eigenvalue weighted by Gasteiger charge is -1.88. The molecule has 1 rings (SSSR count). The van der Waals surface area contributed by atoms with Gasteiger partial charge in [-0.15, -0.1) is 0 Å². The molecule has 4 nitrogen and oxygen atoms in total. The number of aromatic nitrogens is 1. The van der Waals surface area contributed by atoms with Gasteiger partial charge >= 0.3 is 0 Å². The van der Waals surface area contributed by atoms with Gasteiger partial charge in [0, 0.05) is 18.9 Å². The first-order valence-corrected chi connectivity index (χ1v) is 3.39. The van der Waals surface area contributed by atoms with Crippen molar-refractivity contribution in [3.05, 3.63) is 17.5 Å². The normalized spacial score (nSPS) is 9.91. The van der Waals surface area contributed by atoms with E-state index in [0.29, 0.717) is 12.8 Å². The zero-order valence-electron chi connectivity index (χ0n) is 6.33. The monoisotopic (exact) mass is 154 g/mol. The maximum Gasteiger partial charge on any atom is 0.217 e. The summed E-state index contributed by atoms with van der Waals surface area (Å²) < 4.78 is 4.79. The fraction of sp³-hybridized carbons (Fsp3) is 0.429. The summed E-state index contributed by atoms with van der Waals surface area (Å²) in [5.74, 6) is 0.440. The molecule has 1 heterocycles. The molecule has 0 aliphatic heterocycles. The first-order valence-electron chi connectivity index (χ1n) is 3.39. The zero-order valence-corrected chi connectivity index (χ0v) is 6.33. The molecule has 4 heteroatoms. The molecule has 0 spiro atoms. The van der Waals surface area contributed by atoms with Gasteiger partial charge in [-0.05, 0) is 6.92 Å². The predicted octanol–water partition coefficient (Wildman–Crippen LogP) is 0.401. The maximum atomic E-state index is 10.3. The SMILES string of the molecule is Cc1cc(CCC(N)=O)no1. The summed E-state index contributed by atoms with van der Waals surface area (Å²) in [6, 6.07) is 1.79. The molecule has 0 fully saturated rings. The van der Waals surface area contributed by atoms with Crippen molar-refractivity contribution in [3.8, 4) is 0 Å². The Hall–Kier alpha value is -1.32. The number of aryl methyl sites for hydroxylation is 2. The molecule has 0 unspecified atom stereocenters. The summed E-state index contributed by atoms with van der Waals surface area (Å²) in [6.07, 6.45) is 0.888. The van der Waals surface area contributed by atoms with Crippen molar-refractivity contribution in [1.29, 1.82) is 0 Å². The van der Waals surface area contributed by atoms with Crippen molar-refractivity contribution in [3.63, 3.8) is 0 Å². The topological polar surface area (TPSA) is 69.1 Å². The van der Waals surface area contributed by atoms with Crippen LogP contribution in [0.1, 0.15) is 17.9 Å². The Morgan fingerprint density at radius 3 is 3.00 bits per heavy atom. The number of hydrogen-bond acceptors (Lipinski definition) is 3. The van der Waals surface area contributed by atoms with Crippen LogP contribution < -0.4 is 5.73 Å². The van der Waals surface area contributed by atoms with E-state index in [4.69, 9.17) is 10.3 Å². The van der Waals surface area contributed by atoms with Gasteiger partial charge in [0.25, 0.3) is 0 Å². The largest absolute Gasteiger partial charge is 0.370 e. The lowest BCUT2D eigenvalue weighted by Crippen LogP contribution is -2.11. The highest BCUT2D eigenvalue weighted by atomic mass is 16.5. The predicted molar refractivity (Wildman–Crippen MR) is 38.8 cm³/mol. The Labute approximate surface area is 64.4 Å². The summed E-state index contributed by atoms with van der Waals surface area (Å²) in [6.45, 7) is 1.81. The summed E-state index contributed by atoms with van der Waals surface area (Å²) in [4.78, 5) is 10.3. The van der Waals surface area contributed by atoms with Crippen molar-refractivity contribution < 1.29 is 9.32 Å². The Kier molecular flexibility index (Phi) is 2.25. The van der Waals surface area contributed by atoms with Crippen molar-refractivity contribution in [2.75, 3.05) is 0 Å². The summed E-state index contributed by atoms with van der Waals surface area (Å²) in [7, 11) is 0. The van der Waals surface area contributed by atoms with Gasteiger partial charge in [-0.3, -0.25) is 4.79 Å². The van der Waals surface area contributed by atoms with Crippen LogP contribution in [0.3, 0.4) is 0 Å². The van der Waals surface area contributed by atoms with E-state index in [-0.39, 0.29) is 5.91 Å². The molecule has 1 aromatic rings. The molecule has 11 heavy (non-hydrogen) atoms. The quantitative estimate of drug-likeness (QED) is 0.685. The maximum absolute atomic E-state index is 10.3. The molecule has 0 bridgehead atoms. The minimum Gasteiger partial charge on any atom is -0.370 e. The number of rotatable bonds is 3. The first-order chi connectivity index (χ1) is 5.18. The highest BCUT2D eigenvalue weighted by Crippen LogP contribution is 2.03. The number of carbonyl (C=O) groups excluding carboxylic acids is 1. The molecular formula is C7H10N2O2. The third-order valence-electron chi connectivity index (χ3n) is 1.30. The van der Waals surface area contributed by atoms with Crippen LogP contribution in [0.2, 0.25) is 0 Å². The smallest absolute Gasteiger partial charge is 0.217 e. The lowest BCUT2D eigenvalue weighted by molar-refractivity contribution is -0.118. The van der Waals surface area contributed by atoms with Crippen LogP contribution in [0, 0.1) is 6.92 Å². The van der Waals surface area contributed by atoms with E-state index in [0.717, 1.165) is 11.5 Å². The second-order valence-electron chi connectivity index (χ2n) is 2.40. The van der Waals surface area contributed by atoms with Crippen LogP contribution in [0.4, 0.5) is 0 Å². The molecular weight excluding hydrogens is 144 g/mol. The van der Waals surface area contributed by atoms with E-state index in [1.807, 2.05) is 0 Å². The molecule has 0 aliphatic carbocycles. The highest BCUT2D eigenvalue weighted by molar-refractivity contribution is 5.73. The van der Waals surface area contributed by atoms with Crippen LogP contribution in [0.15, 0.2) is 10.6 Å². The Balaban J connectivity index is 2.45. The van der Waals surface area contributed by atoms with E-state index in [1.54, 1.807) is 13.0 Å². The highest BCUT2D eigenvalue weighted by Gasteiger charge is 2.01. The van der Waals surface area contributed by atoms with Crippen LogP contribution in [-0.4, -0.2) is 11.1 Å². The molecule has 0 atom stereocenters. The average Bonchev–Trinajstić information content (AvgIpc) is 2.31. The van der Waals surface area contributed by atoms with Crippen molar-refractivity contribution in [1.82, 2.24) is 5.16 Å². The van der Waals surface area contributed by atoms with Crippen LogP contribution in [0.25, 0.3) is 0 Å². The second kappa shape index (κ2) is 3.18. The first kappa shape index (κ1) is 7.78. The van der Waals surface area contributed by atoms with E-state index in [2.05, 4.69) is 5.16 Å². The van der Waals surface area contributed by atoms with Gasteiger partial charge in [-0.25, -0.2) is 0 Å². The molecule has 1 amide bonds. The van der Waals surface area contributed by atoms with Gasteiger partial charge in [-0.2, -0.15) is 0 Å².